The summed E-state index contributed by atoms with van der Waals surface area (Å²) in [5.74, 6) is 1.47. The highest BCUT2D eigenvalue weighted by atomic mass is 32.2. The van der Waals surface area contributed by atoms with Crippen LogP contribution in [0.5, 0.6) is 5.75 Å². The first-order valence-electron chi connectivity index (χ1n) is 7.75. The van der Waals surface area contributed by atoms with Crippen LogP contribution in [0.1, 0.15) is 5.69 Å². The lowest BCUT2D eigenvalue weighted by Crippen LogP contribution is -1.99. The van der Waals surface area contributed by atoms with Gasteiger partial charge in [-0.3, -0.25) is 4.98 Å². The Morgan fingerprint density at radius 1 is 1.15 bits per heavy atom. The molecule has 3 aromatic heterocycles. The molecule has 0 aliphatic heterocycles. The zero-order chi connectivity index (χ0) is 17.8. The fraction of sp³-hybridized carbons (Fsp3) is 0.118. The third-order valence-electron chi connectivity index (χ3n) is 3.54. The number of pyridine rings is 1. The van der Waals surface area contributed by atoms with Crippen LogP contribution in [-0.4, -0.2) is 37.3 Å². The van der Waals surface area contributed by atoms with Crippen molar-refractivity contribution < 1.29 is 4.74 Å². The van der Waals surface area contributed by atoms with Crippen LogP contribution in [0.2, 0.25) is 0 Å². The van der Waals surface area contributed by atoms with Gasteiger partial charge in [0, 0.05) is 17.3 Å². The molecule has 9 heteroatoms. The Morgan fingerprint density at radius 3 is 2.81 bits per heavy atom. The summed E-state index contributed by atoms with van der Waals surface area (Å²) in [6, 6.07) is 13.4. The van der Waals surface area contributed by atoms with Gasteiger partial charge in [-0.25, -0.2) is 4.98 Å². The minimum Gasteiger partial charge on any atom is -0.497 e. The first-order chi connectivity index (χ1) is 12.8. The molecule has 0 N–H and O–H groups in total. The number of rotatable bonds is 6. The van der Waals surface area contributed by atoms with Gasteiger partial charge in [0.25, 0.3) is 0 Å². The van der Waals surface area contributed by atoms with Gasteiger partial charge in [0.2, 0.25) is 5.16 Å². The maximum Gasteiger partial charge on any atom is 0.214 e. The summed E-state index contributed by atoms with van der Waals surface area (Å²) >= 11 is 3.12. The molecule has 7 nitrogen and oxygen atoms in total. The molecule has 0 saturated carbocycles. The molecular weight excluding hydrogens is 368 g/mol. The molecule has 0 atom stereocenters. The molecule has 4 aromatic rings. The van der Waals surface area contributed by atoms with E-state index >= 15 is 0 Å². The Balaban J connectivity index is 1.47. The predicted octanol–water partition coefficient (Wildman–Crippen LogP) is 3.48. The molecule has 0 radical (unpaired) electrons. The number of tetrazole rings is 1. The predicted molar refractivity (Wildman–Crippen MR) is 101 cm³/mol. The quantitative estimate of drug-likeness (QED) is 0.472. The molecule has 0 aliphatic rings. The van der Waals surface area contributed by atoms with E-state index in [2.05, 4.69) is 25.5 Å². The van der Waals surface area contributed by atoms with Crippen LogP contribution in [0.3, 0.4) is 0 Å². The van der Waals surface area contributed by atoms with Crippen molar-refractivity contribution in [1.82, 2.24) is 30.2 Å². The lowest BCUT2D eigenvalue weighted by molar-refractivity contribution is 0.414. The maximum atomic E-state index is 5.18. The smallest absolute Gasteiger partial charge is 0.214 e. The van der Waals surface area contributed by atoms with Crippen molar-refractivity contribution in [1.29, 1.82) is 0 Å². The molecule has 0 saturated heterocycles. The zero-order valence-electron chi connectivity index (χ0n) is 13.8. The van der Waals surface area contributed by atoms with Crippen LogP contribution >= 0.6 is 23.1 Å². The van der Waals surface area contributed by atoms with Gasteiger partial charge in [-0.05, 0) is 46.8 Å². The lowest BCUT2D eigenvalue weighted by atomic mass is 10.3. The largest absolute Gasteiger partial charge is 0.497 e. The molecule has 1 aromatic carbocycles. The number of aromatic nitrogens is 6. The number of thioether (sulfide) groups is 1. The van der Waals surface area contributed by atoms with Gasteiger partial charge >= 0.3 is 0 Å². The first kappa shape index (κ1) is 16.7. The van der Waals surface area contributed by atoms with Gasteiger partial charge in [-0.1, -0.05) is 17.8 Å². The van der Waals surface area contributed by atoms with Crippen LogP contribution in [0.25, 0.3) is 16.4 Å². The average Bonchev–Trinajstić information content (AvgIpc) is 3.36. The summed E-state index contributed by atoms with van der Waals surface area (Å²) in [6.45, 7) is 0. The molecule has 4 rings (SSSR count). The summed E-state index contributed by atoms with van der Waals surface area (Å²) in [5.41, 5.74) is 2.74. The van der Waals surface area contributed by atoms with Crippen molar-refractivity contribution >= 4 is 23.1 Å². The van der Waals surface area contributed by atoms with Crippen LogP contribution in [0.15, 0.2) is 59.2 Å². The highest BCUT2D eigenvalue weighted by molar-refractivity contribution is 7.98. The van der Waals surface area contributed by atoms with E-state index in [1.165, 1.54) is 11.8 Å². The van der Waals surface area contributed by atoms with E-state index in [4.69, 9.17) is 4.74 Å². The second kappa shape index (κ2) is 7.63. The van der Waals surface area contributed by atoms with Gasteiger partial charge in [-0.15, -0.1) is 16.4 Å². The Bertz CT molecular complexity index is 984. The van der Waals surface area contributed by atoms with E-state index < -0.39 is 0 Å². The first-order valence-corrected chi connectivity index (χ1v) is 9.61. The van der Waals surface area contributed by atoms with E-state index in [0.29, 0.717) is 10.9 Å². The average molecular weight is 382 g/mol. The van der Waals surface area contributed by atoms with Crippen LogP contribution in [0.4, 0.5) is 0 Å². The summed E-state index contributed by atoms with van der Waals surface area (Å²) in [5, 5.41) is 15.6. The molecule has 0 fully saturated rings. The highest BCUT2D eigenvalue weighted by Crippen LogP contribution is 2.27. The number of thiazole rings is 1. The van der Waals surface area contributed by atoms with Crippen molar-refractivity contribution in [2.24, 2.45) is 0 Å². The normalized spacial score (nSPS) is 10.8. The fourth-order valence-electron chi connectivity index (χ4n) is 2.27. The van der Waals surface area contributed by atoms with E-state index in [0.717, 1.165) is 27.8 Å². The zero-order valence-corrected chi connectivity index (χ0v) is 15.4. The minimum absolute atomic E-state index is 0.680. The van der Waals surface area contributed by atoms with E-state index in [9.17, 15) is 0 Å². The Hall–Kier alpha value is -2.78. The molecule has 3 heterocycles. The minimum atomic E-state index is 0.680. The summed E-state index contributed by atoms with van der Waals surface area (Å²) in [7, 11) is 1.64. The van der Waals surface area contributed by atoms with Crippen molar-refractivity contribution in [3.63, 3.8) is 0 Å². The van der Waals surface area contributed by atoms with Gasteiger partial charge in [0.1, 0.15) is 10.8 Å². The van der Waals surface area contributed by atoms with Crippen LogP contribution in [-0.2, 0) is 5.75 Å². The molecule has 0 aliphatic carbocycles. The van der Waals surface area contributed by atoms with Gasteiger partial charge in [-0.2, -0.15) is 4.68 Å². The lowest BCUT2D eigenvalue weighted by Gasteiger charge is -2.04. The third kappa shape index (κ3) is 3.58. The Morgan fingerprint density at radius 2 is 2.04 bits per heavy atom. The van der Waals surface area contributed by atoms with Gasteiger partial charge in [0.15, 0.2) is 0 Å². The molecular formula is C17H14N6OS2. The van der Waals surface area contributed by atoms with Crippen molar-refractivity contribution in [2.75, 3.05) is 7.11 Å². The number of hydrogen-bond acceptors (Lipinski definition) is 8. The van der Waals surface area contributed by atoms with E-state index in [-0.39, 0.29) is 0 Å². The van der Waals surface area contributed by atoms with E-state index in [1.807, 2.05) is 47.8 Å². The van der Waals surface area contributed by atoms with Crippen molar-refractivity contribution in [2.45, 2.75) is 10.9 Å². The standard InChI is InChI=1S/C17H14N6OS2/c1-24-14-7-5-13(6-8-14)23-17(20-21-22-23)26-11-12-10-25-16(19-12)15-4-2-3-9-18-15/h2-10H,11H2,1H3. The van der Waals surface area contributed by atoms with Gasteiger partial charge in [0.05, 0.1) is 24.2 Å². The fourth-order valence-corrected chi connectivity index (χ4v) is 3.96. The summed E-state index contributed by atoms with van der Waals surface area (Å²) < 4.78 is 6.89. The molecule has 0 spiro atoms. The van der Waals surface area contributed by atoms with Crippen molar-refractivity contribution in [3.05, 3.63) is 59.7 Å². The number of ether oxygens (including phenoxy) is 1. The molecule has 0 unspecified atom stereocenters. The summed E-state index contributed by atoms with van der Waals surface area (Å²) in [6.07, 6.45) is 1.77. The number of methoxy groups -OCH3 is 1. The number of benzene rings is 1. The Kier molecular flexibility index (Phi) is 4.89. The monoisotopic (exact) mass is 382 g/mol. The number of hydrogen-bond donors (Lipinski definition) is 0. The maximum absolute atomic E-state index is 5.18. The van der Waals surface area contributed by atoms with Crippen LogP contribution < -0.4 is 4.74 Å². The van der Waals surface area contributed by atoms with Crippen LogP contribution in [0, 0.1) is 0 Å². The highest BCUT2D eigenvalue weighted by Gasteiger charge is 2.11. The second-order valence-corrected chi connectivity index (χ2v) is 7.02. The Labute approximate surface area is 158 Å². The second-order valence-electron chi connectivity index (χ2n) is 5.22. The molecule has 0 bridgehead atoms. The van der Waals surface area contributed by atoms with Gasteiger partial charge < -0.3 is 4.74 Å². The number of nitrogens with zero attached hydrogens (tertiary/aromatic N) is 6. The van der Waals surface area contributed by atoms with E-state index in [1.54, 1.807) is 29.3 Å². The molecule has 0 amide bonds. The summed E-state index contributed by atoms with van der Waals surface area (Å²) in [4.78, 5) is 8.98. The topological polar surface area (TPSA) is 78.6 Å². The third-order valence-corrected chi connectivity index (χ3v) is 5.41. The molecule has 26 heavy (non-hydrogen) atoms. The van der Waals surface area contributed by atoms with Crippen molar-refractivity contribution in [3.8, 4) is 22.1 Å². The SMILES string of the molecule is COc1ccc(-n2nnnc2SCc2csc(-c3ccccn3)n2)cc1. The molecule has 130 valence electrons.